The van der Waals surface area contributed by atoms with Gasteiger partial charge in [-0.25, -0.2) is 9.25 Å². The van der Waals surface area contributed by atoms with Gasteiger partial charge in [-0.15, -0.1) is 5.10 Å². The molecule has 0 saturated carbocycles. The number of hydrogen-bond acceptors (Lipinski definition) is 5. The molecule has 3 heterocycles. The summed E-state index contributed by atoms with van der Waals surface area (Å²) in [5.41, 5.74) is 3.60. The van der Waals surface area contributed by atoms with Crippen LogP contribution in [0.25, 0.3) is 22.4 Å². The first-order valence-electron chi connectivity index (χ1n) is 10.1. The molecule has 0 aliphatic carbocycles. The van der Waals surface area contributed by atoms with Crippen molar-refractivity contribution >= 4 is 28.9 Å². The minimum atomic E-state index is -0.0923. The van der Waals surface area contributed by atoms with Crippen molar-refractivity contribution < 1.29 is 4.74 Å². The van der Waals surface area contributed by atoms with E-state index in [0.717, 1.165) is 35.4 Å². The second-order valence-electron chi connectivity index (χ2n) is 7.74. The van der Waals surface area contributed by atoms with Crippen molar-refractivity contribution in [2.45, 2.75) is 20.5 Å². The summed E-state index contributed by atoms with van der Waals surface area (Å²) in [6, 6.07) is 13.7. The van der Waals surface area contributed by atoms with Gasteiger partial charge in [0.15, 0.2) is 0 Å². The normalized spacial score (nSPS) is 15.3. The molecule has 2 aromatic heterocycles. The third kappa shape index (κ3) is 3.08. The molecular formula is C22H23N5O2S. The molecule has 0 N–H and O–H groups in total. The average Bonchev–Trinajstić information content (AvgIpc) is 3.07. The lowest BCUT2D eigenvalue weighted by atomic mass is 10.1. The van der Waals surface area contributed by atoms with Crippen LogP contribution in [0.15, 0.2) is 47.3 Å². The van der Waals surface area contributed by atoms with Crippen LogP contribution in [0, 0.1) is 18.6 Å². The lowest BCUT2D eigenvalue weighted by molar-refractivity contribution is 0.0210. The fraction of sp³-hybridized carbons (Fsp3) is 0.318. The summed E-state index contributed by atoms with van der Waals surface area (Å²) < 4.78 is 11.4. The summed E-state index contributed by atoms with van der Waals surface area (Å²) in [5.74, 6) is 0.533. The highest BCUT2D eigenvalue weighted by Gasteiger charge is 2.19. The molecule has 1 aliphatic heterocycles. The maximum absolute atomic E-state index is 13.6. The second kappa shape index (κ2) is 7.46. The quantitative estimate of drug-likeness (QED) is 0.476. The number of morpholine rings is 1. The van der Waals surface area contributed by atoms with Crippen molar-refractivity contribution in [1.82, 2.24) is 23.6 Å². The molecule has 8 heteroatoms. The lowest BCUT2D eigenvalue weighted by Crippen LogP contribution is -2.37. The van der Waals surface area contributed by atoms with Crippen LogP contribution >= 0.6 is 12.2 Å². The van der Waals surface area contributed by atoms with Gasteiger partial charge in [-0.3, -0.25) is 14.1 Å². The molecule has 7 nitrogen and oxygen atoms in total. The van der Waals surface area contributed by atoms with Gasteiger partial charge in [0.25, 0.3) is 5.56 Å². The number of benzene rings is 2. The van der Waals surface area contributed by atoms with Gasteiger partial charge >= 0.3 is 0 Å². The Kier molecular flexibility index (Phi) is 4.77. The van der Waals surface area contributed by atoms with E-state index in [1.807, 2.05) is 65.4 Å². The molecule has 5 rings (SSSR count). The van der Waals surface area contributed by atoms with E-state index in [1.54, 1.807) is 4.57 Å². The van der Waals surface area contributed by atoms with Crippen LogP contribution < -0.4 is 5.56 Å². The van der Waals surface area contributed by atoms with Crippen molar-refractivity contribution in [2.24, 2.45) is 0 Å². The summed E-state index contributed by atoms with van der Waals surface area (Å²) in [5, 5.41) is 5.44. The highest BCUT2D eigenvalue weighted by atomic mass is 32.1. The maximum atomic E-state index is 13.6. The van der Waals surface area contributed by atoms with Crippen molar-refractivity contribution in [3.63, 3.8) is 0 Å². The van der Waals surface area contributed by atoms with Crippen LogP contribution in [-0.4, -0.2) is 50.0 Å². The Bertz CT molecular complexity index is 1380. The Hall–Kier alpha value is -2.81. The molecular weight excluding hydrogens is 398 g/mol. The molecule has 30 heavy (non-hydrogen) atoms. The van der Waals surface area contributed by atoms with Gasteiger partial charge in [0.1, 0.15) is 0 Å². The van der Waals surface area contributed by atoms with E-state index in [1.165, 1.54) is 0 Å². The van der Waals surface area contributed by atoms with Gasteiger partial charge in [-0.1, -0.05) is 24.3 Å². The number of fused-ring (bicyclic) bond motifs is 3. The number of rotatable bonds is 3. The molecule has 0 atom stereocenters. The Morgan fingerprint density at radius 3 is 2.67 bits per heavy atom. The number of aryl methyl sites for hydroxylation is 2. The first-order chi connectivity index (χ1) is 14.5. The highest BCUT2D eigenvalue weighted by Crippen LogP contribution is 2.21. The molecule has 1 saturated heterocycles. The van der Waals surface area contributed by atoms with E-state index in [4.69, 9.17) is 22.1 Å². The number of aromatic nitrogens is 4. The zero-order valence-corrected chi connectivity index (χ0v) is 17.9. The number of para-hydroxylation sites is 1. The van der Waals surface area contributed by atoms with E-state index in [9.17, 15) is 4.79 Å². The van der Waals surface area contributed by atoms with Gasteiger partial charge < -0.3 is 4.74 Å². The number of hydrogen-bond donors (Lipinski definition) is 0. The Morgan fingerprint density at radius 1 is 1.10 bits per heavy atom. The molecule has 4 aromatic rings. The predicted octanol–water partition coefficient (Wildman–Crippen LogP) is 3.08. The summed E-state index contributed by atoms with van der Waals surface area (Å²) >= 11 is 5.82. The Morgan fingerprint density at radius 2 is 1.87 bits per heavy atom. The minimum absolute atomic E-state index is 0.0923. The third-order valence-corrected chi connectivity index (χ3v) is 6.04. The van der Waals surface area contributed by atoms with Crippen LogP contribution in [0.4, 0.5) is 0 Å². The second-order valence-corrected chi connectivity index (χ2v) is 8.10. The maximum Gasteiger partial charge on any atom is 0.267 e. The van der Waals surface area contributed by atoms with Gasteiger partial charge in [0.05, 0.1) is 36.5 Å². The van der Waals surface area contributed by atoms with Crippen LogP contribution in [0.3, 0.4) is 0 Å². The predicted molar refractivity (Wildman–Crippen MR) is 119 cm³/mol. The largest absolute Gasteiger partial charge is 0.379 e. The monoisotopic (exact) mass is 421 g/mol. The van der Waals surface area contributed by atoms with Crippen LogP contribution in [0.5, 0.6) is 0 Å². The zero-order valence-electron chi connectivity index (χ0n) is 17.0. The smallest absolute Gasteiger partial charge is 0.267 e. The molecule has 1 aliphatic rings. The first-order valence-corrected chi connectivity index (χ1v) is 10.5. The molecule has 154 valence electrons. The van der Waals surface area contributed by atoms with Gasteiger partial charge in [0, 0.05) is 13.1 Å². The number of ether oxygens (including phenoxy) is 1. The molecule has 0 unspecified atom stereocenters. The van der Waals surface area contributed by atoms with Crippen molar-refractivity contribution in [2.75, 3.05) is 26.3 Å². The third-order valence-electron chi connectivity index (χ3n) is 5.64. The topological polar surface area (TPSA) is 56.7 Å². The van der Waals surface area contributed by atoms with Gasteiger partial charge in [-0.2, -0.15) is 0 Å². The zero-order chi connectivity index (χ0) is 20.8. The molecule has 0 amide bonds. The fourth-order valence-corrected chi connectivity index (χ4v) is 4.29. The lowest BCUT2D eigenvalue weighted by Gasteiger charge is -2.25. The van der Waals surface area contributed by atoms with Crippen molar-refractivity contribution in [3.8, 4) is 5.69 Å². The molecule has 0 bridgehead atoms. The van der Waals surface area contributed by atoms with E-state index >= 15 is 0 Å². The van der Waals surface area contributed by atoms with Crippen LogP contribution in [0.1, 0.15) is 11.1 Å². The van der Waals surface area contributed by atoms with E-state index < -0.39 is 0 Å². The summed E-state index contributed by atoms with van der Waals surface area (Å²) in [6.07, 6.45) is 0. The van der Waals surface area contributed by atoms with E-state index in [0.29, 0.717) is 35.8 Å². The molecule has 0 radical (unpaired) electrons. The SMILES string of the molecule is Cc1ccc(C)c(-n2c(=O)c3ccccc3n3c(=S)n(CN4CCOCC4)nc23)c1. The van der Waals surface area contributed by atoms with Crippen molar-refractivity contribution in [1.29, 1.82) is 0 Å². The minimum Gasteiger partial charge on any atom is -0.379 e. The highest BCUT2D eigenvalue weighted by molar-refractivity contribution is 7.71. The van der Waals surface area contributed by atoms with Crippen LogP contribution in [-0.2, 0) is 11.4 Å². The Labute approximate surface area is 178 Å². The standard InChI is InChI=1S/C22H23N5O2S/c1-15-7-8-16(2)19(13-15)26-20(28)17-5-3-4-6-18(17)27-21(26)23-25(22(27)30)14-24-9-11-29-12-10-24/h3-8,13H,9-12,14H2,1-2H3. The van der Waals surface area contributed by atoms with Crippen molar-refractivity contribution in [3.05, 3.63) is 68.7 Å². The average molecular weight is 422 g/mol. The molecule has 0 spiro atoms. The summed E-state index contributed by atoms with van der Waals surface area (Å²) in [6.45, 7) is 7.67. The summed E-state index contributed by atoms with van der Waals surface area (Å²) in [4.78, 5) is 15.8. The van der Waals surface area contributed by atoms with E-state index in [2.05, 4.69) is 4.90 Å². The van der Waals surface area contributed by atoms with Gasteiger partial charge in [0.2, 0.25) is 10.5 Å². The first kappa shape index (κ1) is 19.2. The molecule has 1 fully saturated rings. The fourth-order valence-electron chi connectivity index (χ4n) is 4.01. The van der Waals surface area contributed by atoms with Crippen LogP contribution in [0.2, 0.25) is 0 Å². The van der Waals surface area contributed by atoms with E-state index in [-0.39, 0.29) is 5.56 Å². The number of nitrogens with zero attached hydrogens (tertiary/aromatic N) is 5. The molecule has 2 aromatic carbocycles. The van der Waals surface area contributed by atoms with Gasteiger partial charge in [-0.05, 0) is 55.4 Å². The Balaban J connectivity index is 1.83. The summed E-state index contributed by atoms with van der Waals surface area (Å²) in [7, 11) is 0.